The molecule has 0 N–H and O–H groups in total. The number of para-hydroxylation sites is 2. The van der Waals surface area contributed by atoms with E-state index in [4.69, 9.17) is 11.6 Å². The lowest BCUT2D eigenvalue weighted by Crippen LogP contribution is -2.22. The van der Waals surface area contributed by atoms with Gasteiger partial charge in [-0.2, -0.15) is 0 Å². The fourth-order valence-corrected chi connectivity index (χ4v) is 3.69. The van der Waals surface area contributed by atoms with E-state index in [2.05, 4.69) is 0 Å². The van der Waals surface area contributed by atoms with Crippen LogP contribution in [0.4, 0.5) is 11.4 Å². The van der Waals surface area contributed by atoms with Gasteiger partial charge in [0.15, 0.2) is 0 Å². The zero-order chi connectivity index (χ0) is 19.4. The second kappa shape index (κ2) is 7.72. The van der Waals surface area contributed by atoms with Crippen molar-refractivity contribution in [3.8, 4) is 0 Å². The first kappa shape index (κ1) is 18.8. The molecule has 3 rings (SSSR count). The first-order chi connectivity index (χ1) is 12.9. The predicted octanol–water partition coefficient (Wildman–Crippen LogP) is 5.15. The Hall–Kier alpha value is -2.99. The van der Waals surface area contributed by atoms with Crippen LogP contribution < -0.4 is 0 Å². The number of halogens is 1. The summed E-state index contributed by atoms with van der Waals surface area (Å²) in [7, 11) is 0. The topological polar surface area (TPSA) is 86.3 Å². The smallest absolute Gasteiger partial charge is 0.258 e. The molecule has 0 spiro atoms. The zero-order valence-electron chi connectivity index (χ0n) is 14.4. The molecule has 0 heterocycles. The fourth-order valence-electron chi connectivity index (χ4n) is 3.30. The normalized spacial score (nSPS) is 18.8. The van der Waals surface area contributed by atoms with E-state index in [0.717, 1.165) is 5.57 Å². The molecule has 1 aliphatic rings. The molecular weight excluding hydrogens is 368 g/mol. The van der Waals surface area contributed by atoms with E-state index in [1.807, 2.05) is 18.2 Å². The van der Waals surface area contributed by atoms with Crippen LogP contribution in [0.15, 0.2) is 72.3 Å². The highest BCUT2D eigenvalue weighted by molar-refractivity contribution is 6.27. The van der Waals surface area contributed by atoms with E-state index in [0.29, 0.717) is 24.0 Å². The highest BCUT2D eigenvalue weighted by atomic mass is 35.5. The number of alkyl halides is 1. The van der Waals surface area contributed by atoms with Gasteiger partial charge >= 0.3 is 0 Å². The summed E-state index contributed by atoms with van der Waals surface area (Å²) < 4.78 is 0. The van der Waals surface area contributed by atoms with Crippen LogP contribution in [0, 0.1) is 20.2 Å². The van der Waals surface area contributed by atoms with Crippen molar-refractivity contribution in [2.75, 3.05) is 0 Å². The van der Waals surface area contributed by atoms with Crippen LogP contribution in [-0.2, 0) is 12.8 Å². The summed E-state index contributed by atoms with van der Waals surface area (Å²) in [5, 5.41) is 22.5. The third-order valence-electron chi connectivity index (χ3n) is 4.47. The van der Waals surface area contributed by atoms with Gasteiger partial charge in [-0.25, -0.2) is 0 Å². The van der Waals surface area contributed by atoms with E-state index >= 15 is 0 Å². The number of hydrogen-bond acceptors (Lipinski definition) is 4. The van der Waals surface area contributed by atoms with Crippen molar-refractivity contribution in [2.24, 2.45) is 0 Å². The van der Waals surface area contributed by atoms with E-state index in [1.54, 1.807) is 36.4 Å². The third kappa shape index (κ3) is 4.41. The second-order valence-corrected chi connectivity index (χ2v) is 7.16. The lowest BCUT2D eigenvalue weighted by Gasteiger charge is -2.25. The molecule has 0 aromatic heterocycles. The largest absolute Gasteiger partial charge is 0.272 e. The van der Waals surface area contributed by atoms with E-state index in [1.165, 1.54) is 12.1 Å². The van der Waals surface area contributed by atoms with E-state index in [-0.39, 0.29) is 17.8 Å². The first-order valence-corrected chi connectivity index (χ1v) is 8.77. The Morgan fingerprint density at radius 1 is 0.926 bits per heavy atom. The molecule has 1 unspecified atom stereocenters. The standard InChI is InChI=1S/C20H17ClN2O4/c21-20(14-17-8-2-4-10-19(17)23(26)27)11-5-6-15(13-20)12-16-7-1-3-9-18(16)22(24)25/h1-5,7-11,13H,6,12,14H2. The minimum Gasteiger partial charge on any atom is -0.258 e. The summed E-state index contributed by atoms with van der Waals surface area (Å²) in [6, 6.07) is 13.1. The van der Waals surface area contributed by atoms with Gasteiger partial charge in [-0.3, -0.25) is 20.2 Å². The van der Waals surface area contributed by atoms with Crippen molar-refractivity contribution in [1.29, 1.82) is 0 Å². The summed E-state index contributed by atoms with van der Waals surface area (Å²) in [5.41, 5.74) is 2.22. The lowest BCUT2D eigenvalue weighted by atomic mass is 9.87. The van der Waals surface area contributed by atoms with Crippen LogP contribution in [0.1, 0.15) is 17.5 Å². The Balaban J connectivity index is 1.87. The average Bonchev–Trinajstić information content (AvgIpc) is 2.62. The number of nitro benzene ring substituents is 2. The van der Waals surface area contributed by atoms with Crippen LogP contribution in [0.3, 0.4) is 0 Å². The number of hydrogen-bond donors (Lipinski definition) is 0. The van der Waals surface area contributed by atoms with Gasteiger partial charge in [-0.05, 0) is 6.42 Å². The van der Waals surface area contributed by atoms with E-state index < -0.39 is 14.7 Å². The van der Waals surface area contributed by atoms with Crippen molar-refractivity contribution < 1.29 is 9.85 Å². The van der Waals surface area contributed by atoms with Crippen molar-refractivity contribution in [2.45, 2.75) is 24.1 Å². The number of nitro groups is 2. The van der Waals surface area contributed by atoms with Crippen molar-refractivity contribution >= 4 is 23.0 Å². The summed E-state index contributed by atoms with van der Waals surface area (Å²) in [5.74, 6) is 0. The molecule has 2 aromatic carbocycles. The number of benzene rings is 2. The average molecular weight is 385 g/mol. The molecule has 27 heavy (non-hydrogen) atoms. The Morgan fingerprint density at radius 2 is 1.48 bits per heavy atom. The van der Waals surface area contributed by atoms with Crippen molar-refractivity contribution in [3.05, 3.63) is 104 Å². The zero-order valence-corrected chi connectivity index (χ0v) is 15.1. The van der Waals surface area contributed by atoms with Gasteiger partial charge < -0.3 is 0 Å². The van der Waals surface area contributed by atoms with Crippen LogP contribution in [0.5, 0.6) is 0 Å². The molecule has 6 nitrogen and oxygen atoms in total. The molecule has 138 valence electrons. The lowest BCUT2D eigenvalue weighted by molar-refractivity contribution is -0.385. The summed E-state index contributed by atoms with van der Waals surface area (Å²) in [4.78, 5) is 20.7. The quantitative estimate of drug-likeness (QED) is 0.298. The molecule has 1 aliphatic carbocycles. The Labute approximate surface area is 161 Å². The maximum Gasteiger partial charge on any atom is 0.272 e. The first-order valence-electron chi connectivity index (χ1n) is 8.40. The summed E-state index contributed by atoms with van der Waals surface area (Å²) in [6.45, 7) is 0. The molecule has 0 radical (unpaired) electrons. The molecule has 7 heteroatoms. The maximum atomic E-state index is 11.2. The minimum absolute atomic E-state index is 0.0325. The second-order valence-electron chi connectivity index (χ2n) is 6.46. The molecule has 0 amide bonds. The van der Waals surface area contributed by atoms with Crippen molar-refractivity contribution in [3.63, 3.8) is 0 Å². The highest BCUT2D eigenvalue weighted by Gasteiger charge is 2.28. The predicted molar refractivity (Wildman–Crippen MR) is 104 cm³/mol. The van der Waals surface area contributed by atoms with Gasteiger partial charge in [-0.1, -0.05) is 60.2 Å². The van der Waals surface area contributed by atoms with Gasteiger partial charge in [0.05, 0.1) is 14.7 Å². The van der Waals surface area contributed by atoms with Gasteiger partial charge in [0.25, 0.3) is 11.4 Å². The maximum absolute atomic E-state index is 11.2. The third-order valence-corrected chi connectivity index (χ3v) is 4.84. The Kier molecular flexibility index (Phi) is 5.37. The van der Waals surface area contributed by atoms with Crippen LogP contribution >= 0.6 is 11.6 Å². The summed E-state index contributed by atoms with van der Waals surface area (Å²) in [6.07, 6.45) is 6.91. The van der Waals surface area contributed by atoms with Crippen LogP contribution in [0.25, 0.3) is 0 Å². The van der Waals surface area contributed by atoms with Gasteiger partial charge in [-0.15, -0.1) is 11.6 Å². The molecule has 0 aliphatic heterocycles. The monoisotopic (exact) mass is 384 g/mol. The molecule has 2 aromatic rings. The molecule has 0 fully saturated rings. The molecule has 1 atom stereocenters. The summed E-state index contributed by atoms with van der Waals surface area (Å²) >= 11 is 6.73. The molecule has 0 saturated carbocycles. The van der Waals surface area contributed by atoms with Gasteiger partial charge in [0.2, 0.25) is 0 Å². The number of nitrogens with zero attached hydrogens (tertiary/aromatic N) is 2. The highest BCUT2D eigenvalue weighted by Crippen LogP contribution is 2.35. The molecule has 0 bridgehead atoms. The number of rotatable bonds is 6. The van der Waals surface area contributed by atoms with E-state index in [9.17, 15) is 20.2 Å². The Morgan fingerprint density at radius 3 is 2.11 bits per heavy atom. The van der Waals surface area contributed by atoms with Crippen LogP contribution in [-0.4, -0.2) is 14.7 Å². The minimum atomic E-state index is -0.900. The van der Waals surface area contributed by atoms with Crippen LogP contribution in [0.2, 0.25) is 0 Å². The van der Waals surface area contributed by atoms with Gasteiger partial charge in [0, 0.05) is 36.1 Å². The van der Waals surface area contributed by atoms with Gasteiger partial charge in [0.1, 0.15) is 0 Å². The molecule has 0 saturated heterocycles. The Bertz CT molecular complexity index is 955. The fraction of sp³-hybridized carbons (Fsp3) is 0.200. The number of allylic oxidation sites excluding steroid dienone is 4. The molecular formula is C20H17ClN2O4. The SMILES string of the molecule is O=[N+]([O-])c1ccccc1CC1=CC(Cl)(Cc2ccccc2[N+](=O)[O-])C=CC1. The van der Waals surface area contributed by atoms with Crippen molar-refractivity contribution in [1.82, 2.24) is 0 Å².